The van der Waals surface area contributed by atoms with Gasteiger partial charge in [0.05, 0.1) is 6.10 Å². The van der Waals surface area contributed by atoms with E-state index in [1.807, 2.05) is 16.5 Å². The van der Waals surface area contributed by atoms with Gasteiger partial charge in [-0.1, -0.05) is 18.3 Å². The number of thioether (sulfide) groups is 1. The van der Waals surface area contributed by atoms with Crippen molar-refractivity contribution in [2.24, 2.45) is 0 Å². The minimum Gasteiger partial charge on any atom is -0.393 e. The van der Waals surface area contributed by atoms with Crippen LogP contribution in [-0.4, -0.2) is 33.0 Å². The average molecular weight is 350 g/mol. The fraction of sp³-hybridized carbons (Fsp3) is 0.357. The van der Waals surface area contributed by atoms with Gasteiger partial charge in [0.1, 0.15) is 22.6 Å². The lowest BCUT2D eigenvalue weighted by atomic mass is 10.2. The summed E-state index contributed by atoms with van der Waals surface area (Å²) in [4.78, 5) is 14.2. The molecule has 1 aliphatic rings. The molecular weight excluding hydrogens is 332 g/mol. The molecule has 1 unspecified atom stereocenters. The van der Waals surface area contributed by atoms with Crippen molar-refractivity contribution in [2.45, 2.75) is 29.5 Å². The topological polar surface area (TPSA) is 103 Å². The van der Waals surface area contributed by atoms with Crippen LogP contribution in [0.15, 0.2) is 35.0 Å². The zero-order chi connectivity index (χ0) is 16.2. The number of nitrogens with zero attached hydrogens (tertiary/aromatic N) is 4. The number of anilines is 3. The molecule has 0 radical (unpaired) electrons. The quantitative estimate of drug-likeness (QED) is 0.765. The lowest BCUT2D eigenvalue weighted by Crippen LogP contribution is -2.32. The van der Waals surface area contributed by atoms with E-state index >= 15 is 0 Å². The van der Waals surface area contributed by atoms with Crippen LogP contribution in [0.25, 0.3) is 0 Å². The zero-order valence-electron chi connectivity index (χ0n) is 12.5. The smallest absolute Gasteiger partial charge is 0.163 e. The van der Waals surface area contributed by atoms with E-state index in [2.05, 4.69) is 21.5 Å². The molecule has 3 rings (SSSR count). The first-order valence-electron chi connectivity index (χ1n) is 7.13. The maximum atomic E-state index is 6.12. The summed E-state index contributed by atoms with van der Waals surface area (Å²) in [6, 6.07) is 0. The molecule has 3 heterocycles. The van der Waals surface area contributed by atoms with Crippen molar-refractivity contribution in [1.82, 2.24) is 15.0 Å². The third-order valence-electron chi connectivity index (χ3n) is 3.53. The summed E-state index contributed by atoms with van der Waals surface area (Å²) in [5, 5.41) is 1.97. The minimum atomic E-state index is -0.147. The van der Waals surface area contributed by atoms with Crippen molar-refractivity contribution >= 4 is 40.4 Å². The van der Waals surface area contributed by atoms with Gasteiger partial charge < -0.3 is 21.1 Å². The molecule has 0 saturated carbocycles. The molecule has 4 N–H and O–H groups in total. The molecule has 7 nitrogen and oxygen atoms in total. The summed E-state index contributed by atoms with van der Waals surface area (Å²) in [5.74, 6) is 1.66. The van der Waals surface area contributed by atoms with Gasteiger partial charge in [-0.2, -0.15) is 0 Å². The Bertz CT molecular complexity index is 665. The van der Waals surface area contributed by atoms with E-state index in [0.717, 1.165) is 22.9 Å². The Morgan fingerprint density at radius 1 is 1.39 bits per heavy atom. The highest BCUT2D eigenvalue weighted by atomic mass is 32.2. The first-order valence-corrected chi connectivity index (χ1v) is 9.00. The van der Waals surface area contributed by atoms with Crippen molar-refractivity contribution in [3.05, 3.63) is 30.7 Å². The molecule has 1 saturated heterocycles. The molecule has 0 bridgehead atoms. The monoisotopic (exact) mass is 350 g/mol. The van der Waals surface area contributed by atoms with Crippen molar-refractivity contribution in [1.29, 1.82) is 0 Å². The second-order valence-electron chi connectivity index (χ2n) is 4.99. The van der Waals surface area contributed by atoms with E-state index in [1.165, 1.54) is 6.33 Å². The second-order valence-corrected chi connectivity index (χ2v) is 7.15. The van der Waals surface area contributed by atoms with Crippen LogP contribution in [0.5, 0.6) is 0 Å². The van der Waals surface area contributed by atoms with Crippen molar-refractivity contribution in [2.75, 3.05) is 22.1 Å². The summed E-state index contributed by atoms with van der Waals surface area (Å²) in [5.41, 5.74) is 12.1. The highest BCUT2D eigenvalue weighted by Gasteiger charge is 2.31. The van der Waals surface area contributed by atoms with Crippen molar-refractivity contribution in [3.8, 4) is 0 Å². The molecule has 1 aliphatic heterocycles. The molecule has 0 amide bonds. The Hall–Kier alpha value is -1.84. The van der Waals surface area contributed by atoms with Gasteiger partial charge in [0, 0.05) is 23.5 Å². The number of rotatable bonds is 6. The van der Waals surface area contributed by atoms with Crippen LogP contribution in [0, 0.1) is 0 Å². The van der Waals surface area contributed by atoms with Gasteiger partial charge in [0.15, 0.2) is 11.6 Å². The zero-order valence-corrected chi connectivity index (χ0v) is 14.1. The van der Waals surface area contributed by atoms with Crippen LogP contribution in [0.1, 0.15) is 12.8 Å². The first kappa shape index (κ1) is 16.0. The molecule has 122 valence electrons. The fourth-order valence-electron chi connectivity index (χ4n) is 2.41. The predicted molar refractivity (Wildman–Crippen MR) is 94.3 cm³/mol. The molecule has 0 spiro atoms. The summed E-state index contributed by atoms with van der Waals surface area (Å²) < 4.78 is 7.18. The van der Waals surface area contributed by atoms with E-state index in [1.54, 1.807) is 29.3 Å². The summed E-state index contributed by atoms with van der Waals surface area (Å²) in [6.45, 7) is 3.84. The van der Waals surface area contributed by atoms with Crippen LogP contribution < -0.4 is 16.4 Å². The van der Waals surface area contributed by atoms with Crippen molar-refractivity contribution in [3.63, 3.8) is 0 Å². The van der Waals surface area contributed by atoms with Crippen molar-refractivity contribution < 1.29 is 4.74 Å². The predicted octanol–water partition coefficient (Wildman–Crippen LogP) is 2.34. The SMILES string of the molecule is C=CN(c1ncnc(N)c1N)[C@H]1CCC(CSc2nccs2)O1. The third kappa shape index (κ3) is 3.57. The van der Waals surface area contributed by atoms with E-state index in [4.69, 9.17) is 16.2 Å². The lowest BCUT2D eigenvalue weighted by Gasteiger charge is -2.27. The Kier molecular flexibility index (Phi) is 4.99. The van der Waals surface area contributed by atoms with Gasteiger partial charge in [0.25, 0.3) is 0 Å². The third-order valence-corrected chi connectivity index (χ3v) is 5.63. The molecule has 23 heavy (non-hydrogen) atoms. The average Bonchev–Trinajstić information content (AvgIpc) is 3.22. The minimum absolute atomic E-state index is 0.147. The number of hydrogen-bond acceptors (Lipinski definition) is 9. The van der Waals surface area contributed by atoms with E-state index < -0.39 is 0 Å². The highest BCUT2D eigenvalue weighted by molar-refractivity contribution is 8.01. The van der Waals surface area contributed by atoms with Crippen LogP contribution in [-0.2, 0) is 4.74 Å². The number of nitrogens with two attached hydrogens (primary N) is 2. The Morgan fingerprint density at radius 2 is 2.26 bits per heavy atom. The Balaban J connectivity index is 1.64. The number of nitrogen functional groups attached to an aromatic ring is 2. The molecular formula is C14H18N6OS2. The van der Waals surface area contributed by atoms with Gasteiger partial charge in [-0.15, -0.1) is 11.3 Å². The Morgan fingerprint density at radius 3 is 3.00 bits per heavy atom. The van der Waals surface area contributed by atoms with Crippen LogP contribution in [0.2, 0.25) is 0 Å². The molecule has 1 fully saturated rings. The van der Waals surface area contributed by atoms with Crippen LogP contribution in [0.3, 0.4) is 0 Å². The number of thiazole rings is 1. The van der Waals surface area contributed by atoms with Gasteiger partial charge in [0.2, 0.25) is 0 Å². The summed E-state index contributed by atoms with van der Waals surface area (Å²) in [6.07, 6.45) is 6.73. The van der Waals surface area contributed by atoms with E-state index in [0.29, 0.717) is 11.5 Å². The highest BCUT2D eigenvalue weighted by Crippen LogP contribution is 2.33. The number of aromatic nitrogens is 3. The maximum absolute atomic E-state index is 6.12. The molecule has 2 atom stereocenters. The van der Waals surface area contributed by atoms with Gasteiger partial charge >= 0.3 is 0 Å². The van der Waals surface area contributed by atoms with E-state index in [9.17, 15) is 0 Å². The van der Waals surface area contributed by atoms with E-state index in [-0.39, 0.29) is 18.1 Å². The molecule has 9 heteroatoms. The fourth-order valence-corrected chi connectivity index (χ4v) is 4.12. The van der Waals surface area contributed by atoms with Gasteiger partial charge in [-0.3, -0.25) is 0 Å². The largest absolute Gasteiger partial charge is 0.393 e. The molecule has 0 aliphatic carbocycles. The number of ether oxygens (including phenoxy) is 1. The molecule has 2 aromatic heterocycles. The lowest BCUT2D eigenvalue weighted by molar-refractivity contribution is 0.0615. The maximum Gasteiger partial charge on any atom is 0.163 e. The Labute approximate surface area is 142 Å². The van der Waals surface area contributed by atoms with Crippen LogP contribution >= 0.6 is 23.1 Å². The summed E-state index contributed by atoms with van der Waals surface area (Å²) in [7, 11) is 0. The molecule has 2 aromatic rings. The standard InChI is InChI=1S/C14H18N6OS2/c1-2-20(13-11(15)12(16)18-8-19-13)10-4-3-9(21-10)7-23-14-17-5-6-22-14/h2,5-6,8-10H,1,3-4,7,15H2,(H2,16,18,19)/t9?,10-/m1/s1. The normalized spacial score (nSPS) is 20.5. The van der Waals surface area contributed by atoms with Gasteiger partial charge in [-0.25, -0.2) is 15.0 Å². The first-order chi connectivity index (χ1) is 11.2. The number of hydrogen-bond donors (Lipinski definition) is 2. The summed E-state index contributed by atoms with van der Waals surface area (Å²) >= 11 is 3.36. The van der Waals surface area contributed by atoms with Crippen LogP contribution in [0.4, 0.5) is 17.3 Å². The van der Waals surface area contributed by atoms with Gasteiger partial charge in [-0.05, 0) is 12.8 Å². The molecule has 0 aromatic carbocycles. The second kappa shape index (κ2) is 7.16.